The Hall–Kier alpha value is -1.55. The molecule has 2 heterocycles. The second-order valence-electron chi connectivity index (χ2n) is 7.15. The summed E-state index contributed by atoms with van der Waals surface area (Å²) in [4.78, 5) is 12.7. The van der Waals surface area contributed by atoms with Gasteiger partial charge in [-0.3, -0.25) is 4.79 Å². The number of Topliss-reactive ketones (excluding diaryl/α,β-unsaturated/α-hetero) is 1. The molecule has 0 amide bonds. The fraction of sp³-hybridized carbons (Fsp3) is 0.588. The predicted octanol–water partition coefficient (Wildman–Crippen LogP) is 1.53. The Labute approximate surface area is 123 Å². The SMILES string of the molecule is CC1C[C@H]2[C@H]3Cc4ccc(O)c5c4[C@@]2(CCN3)C(O5)C1=O. The first kappa shape index (κ1) is 12.0. The molecule has 4 aliphatic rings. The molecule has 2 aliphatic heterocycles. The molecule has 1 spiro atoms. The fourth-order valence-corrected chi connectivity index (χ4v) is 5.45. The molecule has 5 rings (SSSR count). The number of nitrogens with one attached hydrogen (secondary N) is 1. The van der Waals surface area contributed by atoms with E-state index in [1.165, 1.54) is 5.56 Å². The van der Waals surface area contributed by atoms with Crippen molar-refractivity contribution in [2.45, 2.75) is 43.7 Å². The Morgan fingerprint density at radius 2 is 2.29 bits per heavy atom. The summed E-state index contributed by atoms with van der Waals surface area (Å²) < 4.78 is 6.06. The molecule has 1 saturated carbocycles. The van der Waals surface area contributed by atoms with Gasteiger partial charge in [0.05, 0.1) is 0 Å². The van der Waals surface area contributed by atoms with Crippen LogP contribution >= 0.6 is 0 Å². The van der Waals surface area contributed by atoms with Gasteiger partial charge in [-0.2, -0.15) is 0 Å². The van der Waals surface area contributed by atoms with Crippen molar-refractivity contribution in [3.8, 4) is 11.5 Å². The Balaban J connectivity index is 1.83. The van der Waals surface area contributed by atoms with Gasteiger partial charge in [-0.1, -0.05) is 13.0 Å². The van der Waals surface area contributed by atoms with E-state index in [2.05, 4.69) is 5.32 Å². The van der Waals surface area contributed by atoms with Crippen LogP contribution in [0, 0.1) is 11.8 Å². The zero-order valence-electron chi connectivity index (χ0n) is 12.1. The van der Waals surface area contributed by atoms with E-state index in [1.54, 1.807) is 6.07 Å². The molecule has 1 aromatic carbocycles. The van der Waals surface area contributed by atoms with Crippen molar-refractivity contribution < 1.29 is 14.6 Å². The van der Waals surface area contributed by atoms with Crippen LogP contribution in [0.15, 0.2) is 12.1 Å². The molecule has 110 valence electrons. The molecule has 2 fully saturated rings. The van der Waals surface area contributed by atoms with Crippen LogP contribution in [0.3, 0.4) is 0 Å². The van der Waals surface area contributed by atoms with Crippen molar-refractivity contribution in [3.05, 3.63) is 23.3 Å². The zero-order chi connectivity index (χ0) is 14.4. The Morgan fingerprint density at radius 1 is 1.43 bits per heavy atom. The molecule has 2 unspecified atom stereocenters. The first-order valence-corrected chi connectivity index (χ1v) is 7.92. The van der Waals surface area contributed by atoms with Crippen LogP contribution in [-0.2, 0) is 16.6 Å². The van der Waals surface area contributed by atoms with Gasteiger partial charge in [0.25, 0.3) is 0 Å². The van der Waals surface area contributed by atoms with Crippen molar-refractivity contribution in [2.24, 2.45) is 11.8 Å². The maximum atomic E-state index is 12.7. The minimum absolute atomic E-state index is 0.0496. The van der Waals surface area contributed by atoms with Crippen molar-refractivity contribution in [1.29, 1.82) is 0 Å². The first-order valence-electron chi connectivity index (χ1n) is 7.92. The summed E-state index contributed by atoms with van der Waals surface area (Å²) in [6.45, 7) is 2.95. The molecule has 1 saturated heterocycles. The number of piperidine rings is 1. The van der Waals surface area contributed by atoms with E-state index in [4.69, 9.17) is 4.74 Å². The third-order valence-electron chi connectivity index (χ3n) is 6.28. The Kier molecular flexibility index (Phi) is 2.07. The smallest absolute Gasteiger partial charge is 0.177 e. The molecular formula is C17H19NO3. The van der Waals surface area contributed by atoms with Gasteiger partial charge in [-0.15, -0.1) is 0 Å². The van der Waals surface area contributed by atoms with E-state index in [-0.39, 0.29) is 22.9 Å². The quantitative estimate of drug-likeness (QED) is 0.759. The minimum atomic E-state index is -0.391. The van der Waals surface area contributed by atoms with Gasteiger partial charge in [-0.05, 0) is 43.4 Å². The van der Waals surface area contributed by atoms with Gasteiger partial charge in [-0.25, -0.2) is 0 Å². The highest BCUT2D eigenvalue weighted by atomic mass is 16.5. The third kappa shape index (κ3) is 1.20. The highest BCUT2D eigenvalue weighted by molar-refractivity contribution is 5.90. The third-order valence-corrected chi connectivity index (χ3v) is 6.28. The summed E-state index contributed by atoms with van der Waals surface area (Å²) in [5.41, 5.74) is 2.21. The molecule has 2 bridgehead atoms. The summed E-state index contributed by atoms with van der Waals surface area (Å²) in [6.07, 6.45) is 2.45. The molecule has 5 atom stereocenters. The standard InChI is InChI=1S/C17H19NO3/c1-8-6-10-11-7-9-2-3-12(19)15-13(9)17(10,4-5-18-11)16(21-15)14(8)20/h2-3,8,10-11,16,18-19H,4-7H2,1H3/t8?,10-,11+,16?,17-/m0/s1. The molecule has 4 heteroatoms. The number of hydrogen-bond donors (Lipinski definition) is 2. The van der Waals surface area contributed by atoms with Gasteiger partial charge in [0, 0.05) is 22.9 Å². The van der Waals surface area contributed by atoms with Crippen molar-refractivity contribution in [2.75, 3.05) is 6.54 Å². The number of carbonyl (C=O) groups excluding carboxylic acids is 1. The van der Waals surface area contributed by atoms with Crippen LogP contribution in [0.4, 0.5) is 0 Å². The van der Waals surface area contributed by atoms with Crippen LogP contribution in [-0.4, -0.2) is 29.6 Å². The van der Waals surface area contributed by atoms with Crippen LogP contribution < -0.4 is 10.1 Å². The average Bonchev–Trinajstić information content (AvgIpc) is 2.80. The van der Waals surface area contributed by atoms with Crippen molar-refractivity contribution in [3.63, 3.8) is 0 Å². The summed E-state index contributed by atoms with van der Waals surface area (Å²) >= 11 is 0. The molecule has 21 heavy (non-hydrogen) atoms. The van der Waals surface area contributed by atoms with Crippen LogP contribution in [0.5, 0.6) is 11.5 Å². The lowest BCUT2D eigenvalue weighted by Gasteiger charge is -2.55. The second-order valence-corrected chi connectivity index (χ2v) is 7.15. The lowest BCUT2D eigenvalue weighted by Crippen LogP contribution is -2.66. The first-order chi connectivity index (χ1) is 10.1. The van der Waals surface area contributed by atoms with Crippen LogP contribution in [0.2, 0.25) is 0 Å². The van der Waals surface area contributed by atoms with E-state index < -0.39 is 6.10 Å². The normalized spacial score (nSPS) is 42.4. The lowest BCUT2D eigenvalue weighted by atomic mass is 9.50. The molecule has 0 radical (unpaired) electrons. The summed E-state index contributed by atoms with van der Waals surface area (Å²) in [7, 11) is 0. The highest BCUT2D eigenvalue weighted by Crippen LogP contribution is 2.62. The topological polar surface area (TPSA) is 58.6 Å². The number of rotatable bonds is 0. The van der Waals surface area contributed by atoms with E-state index in [9.17, 15) is 9.90 Å². The molecule has 0 aromatic heterocycles. The number of aromatic hydroxyl groups is 1. The molecule has 2 aliphatic carbocycles. The van der Waals surface area contributed by atoms with Gasteiger partial charge < -0.3 is 15.2 Å². The zero-order valence-corrected chi connectivity index (χ0v) is 12.1. The fourth-order valence-electron chi connectivity index (χ4n) is 5.45. The number of carbonyl (C=O) groups is 1. The van der Waals surface area contributed by atoms with Crippen LogP contribution in [0.1, 0.15) is 30.9 Å². The van der Waals surface area contributed by atoms with Gasteiger partial charge in [0.15, 0.2) is 23.4 Å². The monoisotopic (exact) mass is 285 g/mol. The number of ketones is 1. The van der Waals surface area contributed by atoms with E-state index in [0.717, 1.165) is 31.4 Å². The van der Waals surface area contributed by atoms with E-state index in [0.29, 0.717) is 17.7 Å². The maximum Gasteiger partial charge on any atom is 0.177 e. The van der Waals surface area contributed by atoms with Gasteiger partial charge >= 0.3 is 0 Å². The highest BCUT2D eigenvalue weighted by Gasteiger charge is 2.65. The molecule has 2 N–H and O–H groups in total. The predicted molar refractivity (Wildman–Crippen MR) is 76.6 cm³/mol. The molecule has 1 aromatic rings. The summed E-state index contributed by atoms with van der Waals surface area (Å²) in [5.74, 6) is 1.49. The van der Waals surface area contributed by atoms with Crippen molar-refractivity contribution in [1.82, 2.24) is 5.32 Å². The summed E-state index contributed by atoms with van der Waals surface area (Å²) in [5, 5.41) is 13.9. The Bertz CT molecular complexity index is 670. The minimum Gasteiger partial charge on any atom is -0.504 e. The van der Waals surface area contributed by atoms with E-state index >= 15 is 0 Å². The van der Waals surface area contributed by atoms with E-state index in [1.807, 2.05) is 13.0 Å². The lowest BCUT2D eigenvalue weighted by molar-refractivity contribution is -0.140. The largest absolute Gasteiger partial charge is 0.504 e. The number of phenols is 1. The summed E-state index contributed by atoms with van der Waals surface area (Å²) in [6, 6.07) is 4.16. The number of hydrogen-bond acceptors (Lipinski definition) is 4. The average molecular weight is 285 g/mol. The second kappa shape index (κ2) is 3.61. The molecular weight excluding hydrogens is 266 g/mol. The Morgan fingerprint density at radius 3 is 3.14 bits per heavy atom. The van der Waals surface area contributed by atoms with Gasteiger partial charge in [0.2, 0.25) is 0 Å². The number of phenolic OH excluding ortho intramolecular Hbond substituents is 1. The van der Waals surface area contributed by atoms with Gasteiger partial charge in [0.1, 0.15) is 0 Å². The number of benzene rings is 1. The van der Waals surface area contributed by atoms with Crippen molar-refractivity contribution >= 4 is 5.78 Å². The maximum absolute atomic E-state index is 12.7. The molecule has 4 nitrogen and oxygen atoms in total. The number of ether oxygens (including phenoxy) is 1. The van der Waals surface area contributed by atoms with Crippen LogP contribution in [0.25, 0.3) is 0 Å².